The molecule has 0 aromatic heterocycles. The molecule has 1 aromatic carbocycles. The Morgan fingerprint density at radius 1 is 1.07 bits per heavy atom. The van der Waals surface area contributed by atoms with Crippen molar-refractivity contribution in [1.82, 2.24) is 16.0 Å². The van der Waals surface area contributed by atoms with Crippen LogP contribution in [0.1, 0.15) is 46.6 Å². The summed E-state index contributed by atoms with van der Waals surface area (Å²) in [6, 6.07) is 7.76. The Balaban J connectivity index is 2.34. The highest BCUT2D eigenvalue weighted by molar-refractivity contribution is 5.84. The molecule has 0 radical (unpaired) electrons. The van der Waals surface area contributed by atoms with Crippen molar-refractivity contribution in [3.05, 3.63) is 29.8 Å². The number of nitrogens with zero attached hydrogens (tertiary/aromatic N) is 1. The third-order valence-electron chi connectivity index (χ3n) is 3.62. The van der Waals surface area contributed by atoms with Crippen LogP contribution in [0, 0.1) is 0 Å². The molecular weight excluding hydrogens is 370 g/mol. The molecule has 1 aromatic rings. The van der Waals surface area contributed by atoms with Crippen molar-refractivity contribution in [1.29, 1.82) is 0 Å². The van der Waals surface area contributed by atoms with Crippen molar-refractivity contribution >= 4 is 23.6 Å². The van der Waals surface area contributed by atoms with Crippen molar-refractivity contribution in [2.75, 3.05) is 25.5 Å². The summed E-state index contributed by atoms with van der Waals surface area (Å²) in [4.78, 5) is 27.6. The average molecular weight is 406 g/mol. The Morgan fingerprint density at radius 3 is 2.24 bits per heavy atom. The van der Waals surface area contributed by atoms with Crippen LogP contribution in [-0.4, -0.2) is 49.7 Å². The summed E-state index contributed by atoms with van der Waals surface area (Å²) in [5, 5.41) is 11.9. The lowest BCUT2D eigenvalue weighted by molar-refractivity contribution is -0.121. The van der Waals surface area contributed by atoms with Gasteiger partial charge in [-0.2, -0.15) is 0 Å². The van der Waals surface area contributed by atoms with Crippen LogP contribution in [0.2, 0.25) is 0 Å². The van der Waals surface area contributed by atoms with Crippen molar-refractivity contribution < 1.29 is 14.3 Å². The van der Waals surface area contributed by atoms with Gasteiger partial charge in [-0.25, -0.2) is 4.79 Å². The molecule has 8 nitrogen and oxygen atoms in total. The Kier molecular flexibility index (Phi) is 9.99. The van der Waals surface area contributed by atoms with Gasteiger partial charge in [0.15, 0.2) is 5.96 Å². The number of nitrogens with one attached hydrogen (secondary N) is 4. The van der Waals surface area contributed by atoms with Crippen LogP contribution >= 0.6 is 0 Å². The van der Waals surface area contributed by atoms with E-state index in [2.05, 4.69) is 26.3 Å². The fourth-order valence-electron chi connectivity index (χ4n) is 2.41. The number of amides is 2. The minimum atomic E-state index is -0.527. The molecule has 29 heavy (non-hydrogen) atoms. The fraction of sp³-hybridized carbons (Fsp3) is 0.571. The molecule has 8 heteroatoms. The van der Waals surface area contributed by atoms with Gasteiger partial charge in [-0.05, 0) is 58.7 Å². The van der Waals surface area contributed by atoms with E-state index in [1.54, 1.807) is 7.05 Å². The lowest BCUT2D eigenvalue weighted by atomic mass is 10.1. The molecule has 0 heterocycles. The zero-order valence-electron chi connectivity index (χ0n) is 18.4. The zero-order chi connectivity index (χ0) is 21.9. The Morgan fingerprint density at radius 2 is 1.69 bits per heavy atom. The standard InChI is InChI=1S/C21H35N5O3/c1-15(2)25-18(27)12-14-24-19(22-6)23-13-11-16-7-9-17(10-8-16)26-20(28)29-21(3,4)5/h7-10,15H,11-14H2,1-6H3,(H,25,27)(H,26,28)(H2,22,23,24). The predicted octanol–water partition coefficient (Wildman–Crippen LogP) is 2.66. The molecule has 0 atom stereocenters. The smallest absolute Gasteiger partial charge is 0.412 e. The quantitative estimate of drug-likeness (QED) is 0.393. The number of hydrogen-bond acceptors (Lipinski definition) is 4. The minimum Gasteiger partial charge on any atom is -0.444 e. The van der Waals surface area contributed by atoms with E-state index < -0.39 is 11.7 Å². The molecule has 162 valence electrons. The number of hydrogen-bond donors (Lipinski definition) is 4. The lowest BCUT2D eigenvalue weighted by Gasteiger charge is -2.19. The van der Waals surface area contributed by atoms with E-state index in [4.69, 9.17) is 4.74 Å². The summed E-state index contributed by atoms with van der Waals surface area (Å²) in [5.74, 6) is 0.675. The van der Waals surface area contributed by atoms with Crippen LogP contribution in [0.3, 0.4) is 0 Å². The van der Waals surface area contributed by atoms with Gasteiger partial charge < -0.3 is 20.7 Å². The summed E-state index contributed by atoms with van der Waals surface area (Å²) in [7, 11) is 1.70. The summed E-state index contributed by atoms with van der Waals surface area (Å²) >= 11 is 0. The highest BCUT2D eigenvalue weighted by Crippen LogP contribution is 2.13. The lowest BCUT2D eigenvalue weighted by Crippen LogP contribution is -2.40. The first-order chi connectivity index (χ1) is 13.6. The van der Waals surface area contributed by atoms with E-state index in [1.165, 1.54) is 0 Å². The van der Waals surface area contributed by atoms with Gasteiger partial charge >= 0.3 is 6.09 Å². The number of guanidine groups is 1. The predicted molar refractivity (Wildman–Crippen MR) is 117 cm³/mol. The third-order valence-corrected chi connectivity index (χ3v) is 3.62. The highest BCUT2D eigenvalue weighted by Gasteiger charge is 2.16. The van der Waals surface area contributed by atoms with Crippen molar-refractivity contribution in [3.63, 3.8) is 0 Å². The molecule has 0 bridgehead atoms. The summed E-state index contributed by atoms with van der Waals surface area (Å²) in [5.41, 5.74) is 1.28. The van der Waals surface area contributed by atoms with Crippen LogP contribution < -0.4 is 21.3 Å². The molecule has 4 N–H and O–H groups in total. The van der Waals surface area contributed by atoms with Crippen molar-refractivity contribution in [3.8, 4) is 0 Å². The molecule has 0 saturated carbocycles. The zero-order valence-corrected chi connectivity index (χ0v) is 18.4. The summed E-state index contributed by atoms with van der Waals surface area (Å²) < 4.78 is 5.24. The first kappa shape index (κ1) is 24.3. The fourth-order valence-corrected chi connectivity index (χ4v) is 2.41. The average Bonchev–Trinajstić information content (AvgIpc) is 2.59. The minimum absolute atomic E-state index is 0.0167. The van der Waals surface area contributed by atoms with Crippen LogP contribution in [0.4, 0.5) is 10.5 Å². The Labute approximate surface area is 173 Å². The molecule has 0 aliphatic carbocycles. The summed E-state index contributed by atoms with van der Waals surface area (Å²) in [6.07, 6.45) is 0.718. The van der Waals surface area contributed by atoms with E-state index in [0.717, 1.165) is 12.0 Å². The number of ether oxygens (including phenoxy) is 1. The van der Waals surface area contributed by atoms with Crippen LogP contribution in [0.5, 0.6) is 0 Å². The van der Waals surface area contributed by atoms with Gasteiger partial charge in [0.25, 0.3) is 0 Å². The number of aliphatic imine (C=N–C) groups is 1. The van der Waals surface area contributed by atoms with Gasteiger partial charge in [-0.3, -0.25) is 15.1 Å². The van der Waals surface area contributed by atoms with Gasteiger partial charge in [0.1, 0.15) is 5.60 Å². The van der Waals surface area contributed by atoms with Gasteiger partial charge in [0.2, 0.25) is 5.91 Å². The van der Waals surface area contributed by atoms with Crippen molar-refractivity contribution in [2.45, 2.75) is 59.1 Å². The molecule has 0 saturated heterocycles. The van der Waals surface area contributed by atoms with Crippen LogP contribution in [0.25, 0.3) is 0 Å². The second-order valence-corrected chi connectivity index (χ2v) is 7.97. The number of benzene rings is 1. The molecule has 0 aliphatic heterocycles. The Bertz CT molecular complexity index is 679. The molecule has 0 spiro atoms. The van der Waals surface area contributed by atoms with E-state index in [0.29, 0.717) is 31.2 Å². The first-order valence-electron chi connectivity index (χ1n) is 9.92. The van der Waals surface area contributed by atoms with E-state index in [-0.39, 0.29) is 11.9 Å². The van der Waals surface area contributed by atoms with E-state index in [9.17, 15) is 9.59 Å². The van der Waals surface area contributed by atoms with Gasteiger partial charge in [-0.1, -0.05) is 12.1 Å². The van der Waals surface area contributed by atoms with Gasteiger partial charge in [0, 0.05) is 38.3 Å². The summed E-state index contributed by atoms with van der Waals surface area (Å²) in [6.45, 7) is 10.6. The maximum Gasteiger partial charge on any atom is 0.412 e. The molecule has 2 amide bonds. The van der Waals surface area contributed by atoms with Crippen molar-refractivity contribution in [2.24, 2.45) is 4.99 Å². The first-order valence-corrected chi connectivity index (χ1v) is 9.92. The number of rotatable bonds is 8. The number of carbonyl (C=O) groups is 2. The molecular formula is C21H35N5O3. The topological polar surface area (TPSA) is 104 Å². The van der Waals surface area contributed by atoms with Crippen LogP contribution in [0.15, 0.2) is 29.3 Å². The second-order valence-electron chi connectivity index (χ2n) is 7.97. The van der Waals surface area contributed by atoms with Crippen LogP contribution in [-0.2, 0) is 16.0 Å². The molecule has 0 unspecified atom stereocenters. The maximum absolute atomic E-state index is 11.8. The van der Waals surface area contributed by atoms with Gasteiger partial charge in [-0.15, -0.1) is 0 Å². The molecule has 0 aliphatic rings. The molecule has 1 rings (SSSR count). The van der Waals surface area contributed by atoms with E-state index in [1.807, 2.05) is 58.9 Å². The van der Waals surface area contributed by atoms with Gasteiger partial charge in [0.05, 0.1) is 0 Å². The number of carbonyl (C=O) groups excluding carboxylic acids is 2. The van der Waals surface area contributed by atoms with E-state index >= 15 is 0 Å². The third kappa shape index (κ3) is 11.6. The monoisotopic (exact) mass is 405 g/mol. The Hall–Kier alpha value is -2.77. The number of anilines is 1. The second kappa shape index (κ2) is 11.9. The highest BCUT2D eigenvalue weighted by atomic mass is 16.6. The molecule has 0 fully saturated rings. The SMILES string of the molecule is CN=C(NCCC(=O)NC(C)C)NCCc1ccc(NC(=O)OC(C)(C)C)cc1. The maximum atomic E-state index is 11.8. The normalized spacial score (nSPS) is 11.8. The largest absolute Gasteiger partial charge is 0.444 e.